The van der Waals surface area contributed by atoms with Crippen LogP contribution in [0.5, 0.6) is 0 Å². The Balaban J connectivity index is 2.03. The average molecular weight is 333 g/mol. The Morgan fingerprint density at radius 1 is 1.21 bits per heavy atom. The third-order valence-corrected chi connectivity index (χ3v) is 4.21. The SMILES string of the molecule is CN(CCN1CCCC1)c1c(F)cc(CBr)cc1F. The molecule has 1 aliphatic heterocycles. The second-order valence-corrected chi connectivity index (χ2v) is 5.57. The van der Waals surface area contributed by atoms with Crippen LogP contribution < -0.4 is 4.90 Å². The molecule has 0 N–H and O–H groups in total. The number of nitrogens with zero attached hydrogens (tertiary/aromatic N) is 2. The van der Waals surface area contributed by atoms with E-state index >= 15 is 0 Å². The van der Waals surface area contributed by atoms with Crippen LogP contribution >= 0.6 is 15.9 Å². The zero-order chi connectivity index (χ0) is 13.8. The predicted octanol–water partition coefficient (Wildman–Crippen LogP) is 3.39. The molecule has 1 aromatic carbocycles. The zero-order valence-corrected chi connectivity index (χ0v) is 12.7. The number of alkyl halides is 1. The molecule has 0 aliphatic carbocycles. The molecule has 1 aliphatic rings. The summed E-state index contributed by atoms with van der Waals surface area (Å²) in [5.41, 5.74) is 0.690. The van der Waals surface area contributed by atoms with E-state index in [2.05, 4.69) is 20.8 Å². The van der Waals surface area contributed by atoms with Gasteiger partial charge in [-0.2, -0.15) is 0 Å². The van der Waals surface area contributed by atoms with Gasteiger partial charge in [0.15, 0.2) is 0 Å². The number of rotatable bonds is 5. The van der Waals surface area contributed by atoms with Crippen molar-refractivity contribution in [2.24, 2.45) is 0 Å². The highest BCUT2D eigenvalue weighted by molar-refractivity contribution is 9.08. The second kappa shape index (κ2) is 6.66. The fourth-order valence-corrected chi connectivity index (χ4v) is 2.79. The number of hydrogen-bond acceptors (Lipinski definition) is 2. The van der Waals surface area contributed by atoms with Gasteiger partial charge in [-0.25, -0.2) is 8.78 Å². The van der Waals surface area contributed by atoms with Crippen LogP contribution in [0.15, 0.2) is 12.1 Å². The lowest BCUT2D eigenvalue weighted by Crippen LogP contribution is -2.32. The molecule has 1 fully saturated rings. The van der Waals surface area contributed by atoms with Gasteiger partial charge in [0.1, 0.15) is 17.3 Å². The molecule has 0 unspecified atom stereocenters. The van der Waals surface area contributed by atoms with Crippen LogP contribution in [0.25, 0.3) is 0 Å². The molecule has 106 valence electrons. The largest absolute Gasteiger partial charge is 0.369 e. The van der Waals surface area contributed by atoms with Crippen LogP contribution in [0.1, 0.15) is 18.4 Å². The molecule has 0 radical (unpaired) electrons. The van der Waals surface area contributed by atoms with Crippen molar-refractivity contribution in [1.29, 1.82) is 0 Å². The number of likely N-dealkylation sites (tertiary alicyclic amines) is 1. The highest BCUT2D eigenvalue weighted by atomic mass is 79.9. The summed E-state index contributed by atoms with van der Waals surface area (Å²) >= 11 is 3.21. The highest BCUT2D eigenvalue weighted by Crippen LogP contribution is 2.25. The van der Waals surface area contributed by atoms with Crippen LogP contribution in [0.3, 0.4) is 0 Å². The molecule has 1 aromatic rings. The van der Waals surface area contributed by atoms with E-state index in [9.17, 15) is 8.78 Å². The standard InChI is InChI=1S/C14H19BrF2N2/c1-18(6-7-19-4-2-3-5-19)14-12(16)8-11(10-15)9-13(14)17/h8-9H,2-7,10H2,1H3. The third kappa shape index (κ3) is 3.66. The van der Waals surface area contributed by atoms with Crippen LogP contribution in [-0.4, -0.2) is 38.1 Å². The molecule has 1 saturated heterocycles. The summed E-state index contributed by atoms with van der Waals surface area (Å²) in [6, 6.07) is 2.78. The fourth-order valence-electron chi connectivity index (χ4n) is 2.47. The van der Waals surface area contributed by atoms with Crippen molar-refractivity contribution in [3.63, 3.8) is 0 Å². The summed E-state index contributed by atoms with van der Waals surface area (Å²) in [5.74, 6) is -0.975. The summed E-state index contributed by atoms with van der Waals surface area (Å²) in [4.78, 5) is 4.00. The predicted molar refractivity (Wildman–Crippen MR) is 77.9 cm³/mol. The van der Waals surface area contributed by atoms with E-state index in [1.54, 1.807) is 11.9 Å². The maximum Gasteiger partial charge on any atom is 0.149 e. The molecule has 5 heteroatoms. The van der Waals surface area contributed by atoms with Gasteiger partial charge in [0, 0.05) is 25.5 Å². The van der Waals surface area contributed by atoms with Gasteiger partial charge in [0.05, 0.1) is 0 Å². The zero-order valence-electron chi connectivity index (χ0n) is 11.1. The Bertz CT molecular complexity index is 410. The molecule has 19 heavy (non-hydrogen) atoms. The normalized spacial score (nSPS) is 16.0. The molecule has 0 saturated carbocycles. The Kier molecular flexibility index (Phi) is 5.16. The van der Waals surface area contributed by atoms with E-state index in [0.717, 1.165) is 19.6 Å². The molecule has 0 amide bonds. The Morgan fingerprint density at radius 2 is 1.79 bits per heavy atom. The van der Waals surface area contributed by atoms with E-state index < -0.39 is 11.6 Å². The first-order valence-electron chi connectivity index (χ1n) is 6.59. The van der Waals surface area contributed by atoms with E-state index in [4.69, 9.17) is 0 Å². The van der Waals surface area contributed by atoms with E-state index in [1.807, 2.05) is 0 Å². The lowest BCUT2D eigenvalue weighted by molar-refractivity contribution is 0.346. The summed E-state index contributed by atoms with van der Waals surface area (Å²) in [7, 11) is 1.74. The molecule has 0 bridgehead atoms. The quantitative estimate of drug-likeness (QED) is 0.762. The van der Waals surface area contributed by atoms with Crippen molar-refractivity contribution in [3.8, 4) is 0 Å². The Labute approximate surface area is 121 Å². The maximum atomic E-state index is 13.9. The first-order valence-corrected chi connectivity index (χ1v) is 7.71. The monoisotopic (exact) mass is 332 g/mol. The minimum atomic E-state index is -0.488. The molecule has 0 aromatic heterocycles. The van der Waals surface area contributed by atoms with E-state index in [1.165, 1.54) is 25.0 Å². The first kappa shape index (κ1) is 14.7. The van der Waals surface area contributed by atoms with Gasteiger partial charge in [0.25, 0.3) is 0 Å². The number of likely N-dealkylation sites (N-methyl/N-ethyl adjacent to an activating group) is 1. The van der Waals surface area contributed by atoms with Gasteiger partial charge >= 0.3 is 0 Å². The van der Waals surface area contributed by atoms with Gasteiger partial charge in [-0.15, -0.1) is 0 Å². The molecular weight excluding hydrogens is 314 g/mol. The van der Waals surface area contributed by atoms with E-state index in [-0.39, 0.29) is 5.69 Å². The van der Waals surface area contributed by atoms with Crippen LogP contribution in [0, 0.1) is 11.6 Å². The van der Waals surface area contributed by atoms with Crippen molar-refractivity contribution in [1.82, 2.24) is 4.90 Å². The minimum absolute atomic E-state index is 0.0731. The number of halogens is 3. The second-order valence-electron chi connectivity index (χ2n) is 5.01. The number of benzene rings is 1. The summed E-state index contributed by atoms with van der Waals surface area (Å²) < 4.78 is 27.9. The van der Waals surface area contributed by atoms with Crippen LogP contribution in [0.2, 0.25) is 0 Å². The van der Waals surface area contributed by atoms with Crippen molar-refractivity contribution < 1.29 is 8.78 Å². The molecule has 2 rings (SSSR count). The average Bonchev–Trinajstić information content (AvgIpc) is 2.88. The molecule has 1 heterocycles. The van der Waals surface area contributed by atoms with Crippen LogP contribution in [0.4, 0.5) is 14.5 Å². The van der Waals surface area contributed by atoms with Crippen molar-refractivity contribution in [2.75, 3.05) is 38.1 Å². The number of hydrogen-bond donors (Lipinski definition) is 0. The smallest absolute Gasteiger partial charge is 0.149 e. The van der Waals surface area contributed by atoms with Gasteiger partial charge in [-0.3, -0.25) is 0 Å². The fraction of sp³-hybridized carbons (Fsp3) is 0.571. The summed E-state index contributed by atoms with van der Waals surface area (Å²) in [6.45, 7) is 3.69. The minimum Gasteiger partial charge on any atom is -0.369 e. The third-order valence-electron chi connectivity index (χ3n) is 3.56. The van der Waals surface area contributed by atoms with Crippen LogP contribution in [-0.2, 0) is 5.33 Å². The maximum absolute atomic E-state index is 13.9. The lowest BCUT2D eigenvalue weighted by atomic mass is 10.2. The van der Waals surface area contributed by atoms with Gasteiger partial charge in [0.2, 0.25) is 0 Å². The van der Waals surface area contributed by atoms with Crippen molar-refractivity contribution in [3.05, 3.63) is 29.3 Å². The van der Waals surface area contributed by atoms with Crippen molar-refractivity contribution in [2.45, 2.75) is 18.2 Å². The Morgan fingerprint density at radius 3 is 2.32 bits per heavy atom. The topological polar surface area (TPSA) is 6.48 Å². The molecule has 2 nitrogen and oxygen atoms in total. The van der Waals surface area contributed by atoms with Gasteiger partial charge in [-0.05, 0) is 43.6 Å². The Hall–Kier alpha value is -0.680. The summed E-state index contributed by atoms with van der Waals surface area (Å²) in [5, 5.41) is 0.457. The van der Waals surface area contributed by atoms with Gasteiger partial charge in [-0.1, -0.05) is 15.9 Å². The number of anilines is 1. The lowest BCUT2D eigenvalue weighted by Gasteiger charge is -2.24. The van der Waals surface area contributed by atoms with Gasteiger partial charge < -0.3 is 9.80 Å². The summed E-state index contributed by atoms with van der Waals surface area (Å²) in [6.07, 6.45) is 2.46. The molecule has 0 atom stereocenters. The van der Waals surface area contributed by atoms with E-state index in [0.29, 0.717) is 17.4 Å². The first-order chi connectivity index (χ1) is 9.11. The van der Waals surface area contributed by atoms with Crippen molar-refractivity contribution >= 4 is 21.6 Å². The molecule has 0 spiro atoms. The molecular formula is C14H19BrF2N2. The highest BCUT2D eigenvalue weighted by Gasteiger charge is 2.17.